The van der Waals surface area contributed by atoms with Gasteiger partial charge in [-0.25, -0.2) is 0 Å². The highest BCUT2D eigenvalue weighted by Crippen LogP contribution is 2.75. The van der Waals surface area contributed by atoms with Gasteiger partial charge in [-0.2, -0.15) is 10.0 Å². The zero-order valence-electron chi connectivity index (χ0n) is 63.9. The summed E-state index contributed by atoms with van der Waals surface area (Å²) in [5.41, 5.74) is 13.4. The van der Waals surface area contributed by atoms with Crippen LogP contribution in [-0.4, -0.2) is 0 Å². The highest BCUT2D eigenvalue weighted by Gasteiger charge is 2.37. The van der Waals surface area contributed by atoms with Crippen molar-refractivity contribution in [2.75, 3.05) is 9.80 Å². The average molecular weight is 1530 g/mol. The average Bonchev–Trinajstić information content (AvgIpc) is 0.728. The molecule has 0 fully saturated rings. The summed E-state index contributed by atoms with van der Waals surface area (Å²) in [6.07, 6.45) is 0. The lowest BCUT2D eigenvalue weighted by Gasteiger charge is -2.42. The van der Waals surface area contributed by atoms with E-state index in [4.69, 9.17) is 0 Å². The Balaban J connectivity index is 0.812. The van der Waals surface area contributed by atoms with E-state index in [0.29, 0.717) is 0 Å². The van der Waals surface area contributed by atoms with Crippen LogP contribution >= 0.6 is 30.1 Å². The van der Waals surface area contributed by atoms with Gasteiger partial charge in [0.15, 0.2) is 0 Å². The smallest absolute Gasteiger partial charge is 0.0546 e. The van der Waals surface area contributed by atoms with E-state index in [2.05, 4.69) is 496 Å². The first-order valence-corrected chi connectivity index (χ1v) is 44.5. The molecular formula is C110H84N2S3. The van der Waals surface area contributed by atoms with Gasteiger partial charge in [-0.3, -0.25) is 0 Å². The summed E-state index contributed by atoms with van der Waals surface area (Å²) >= 11 is 0. The van der Waals surface area contributed by atoms with Gasteiger partial charge < -0.3 is 9.80 Å². The predicted molar refractivity (Wildman–Crippen MR) is 489 cm³/mol. The second-order valence-electron chi connectivity index (χ2n) is 29.2. The molecule has 0 aliphatic carbocycles. The highest BCUT2D eigenvalue weighted by molar-refractivity contribution is 8.34. The maximum absolute atomic E-state index is 2.56. The van der Waals surface area contributed by atoms with Crippen LogP contribution in [0.3, 0.4) is 0 Å². The molecule has 5 heteroatoms. The maximum atomic E-state index is 2.56. The molecular weight excluding hydrogens is 1450 g/mol. The van der Waals surface area contributed by atoms with Gasteiger partial charge >= 0.3 is 0 Å². The van der Waals surface area contributed by atoms with Crippen LogP contribution in [0.2, 0.25) is 0 Å². The number of benzene rings is 19. The monoisotopic (exact) mass is 1530 g/mol. The minimum Gasteiger partial charge on any atom is -0.309 e. The van der Waals surface area contributed by atoms with Crippen molar-refractivity contribution in [3.8, 4) is 22.3 Å². The van der Waals surface area contributed by atoms with Crippen LogP contribution in [0.15, 0.2) is 533 Å². The molecule has 19 rings (SSSR count). The van der Waals surface area contributed by atoms with Gasteiger partial charge in [-0.1, -0.05) is 303 Å². The minimum atomic E-state index is -1.96. The number of hydrogen-bond donors (Lipinski definition) is 0. The summed E-state index contributed by atoms with van der Waals surface area (Å²) in [5.74, 6) is 0.844. The Bertz CT molecular complexity index is 6330. The van der Waals surface area contributed by atoms with Gasteiger partial charge in [0.05, 0.1) is 22.7 Å². The SMILES string of the molecule is Cc1ccc(N(c2ccccc2-c2ccc(S(c3ccccc3)(c3ccccc3)c3ccccc3)cc2)c2cc3c4ccccc4c(N(c4ccc(S(Cc5ccccc5)(c5ccccc5)c5ccccc5)cc4)c4ccccc4-c4ccc(S(c5ccccc5)(c5ccccc5)c5ccccc5)cc4)cc3c3ccccc23)cc1. The second kappa shape index (κ2) is 31.6. The Hall–Kier alpha value is -13.4. The molecule has 0 spiro atoms. The third-order valence-electron chi connectivity index (χ3n) is 22.5. The summed E-state index contributed by atoms with van der Waals surface area (Å²) < 4.78 is 0. The molecule has 0 atom stereocenters. The van der Waals surface area contributed by atoms with E-state index in [0.717, 1.165) is 94.4 Å². The van der Waals surface area contributed by atoms with Gasteiger partial charge in [-0.05, 0) is 242 Å². The summed E-state index contributed by atoms with van der Waals surface area (Å²) in [4.78, 5) is 19.3. The lowest BCUT2D eigenvalue weighted by molar-refractivity contribution is 1.22. The Morgan fingerprint density at radius 1 is 0.191 bits per heavy atom. The number of hydrogen-bond acceptors (Lipinski definition) is 2. The van der Waals surface area contributed by atoms with E-state index < -0.39 is 30.1 Å². The molecule has 19 aromatic rings. The molecule has 0 radical (unpaired) electrons. The summed E-state index contributed by atoms with van der Waals surface area (Å²) in [5, 5.41) is 6.90. The van der Waals surface area contributed by atoms with Crippen molar-refractivity contribution < 1.29 is 0 Å². The quantitative estimate of drug-likeness (QED) is 0.0662. The normalized spacial score (nSPS) is 12.1. The second-order valence-corrected chi connectivity index (χ2v) is 38.6. The molecule has 115 heavy (non-hydrogen) atoms. The fraction of sp³-hybridized carbons (Fsp3) is 0.0182. The number of nitrogens with zero attached hydrogens (tertiary/aromatic N) is 2. The van der Waals surface area contributed by atoms with E-state index in [1.165, 1.54) is 65.0 Å². The van der Waals surface area contributed by atoms with Crippen LogP contribution in [0, 0.1) is 6.92 Å². The van der Waals surface area contributed by atoms with Crippen LogP contribution < -0.4 is 9.80 Å². The van der Waals surface area contributed by atoms with Gasteiger partial charge in [-0.15, -0.1) is 20.1 Å². The predicted octanol–water partition coefficient (Wildman–Crippen LogP) is 31.9. The molecule has 0 unspecified atom stereocenters. The number of rotatable bonds is 21. The van der Waals surface area contributed by atoms with Crippen molar-refractivity contribution in [3.05, 3.63) is 490 Å². The zero-order chi connectivity index (χ0) is 77.0. The van der Waals surface area contributed by atoms with Gasteiger partial charge in [0, 0.05) is 78.2 Å². The molecule has 0 heterocycles. The Morgan fingerprint density at radius 2 is 0.435 bits per heavy atom. The van der Waals surface area contributed by atoms with Crippen molar-refractivity contribution in [1.82, 2.24) is 0 Å². The minimum absolute atomic E-state index is 0.844. The lowest BCUT2D eigenvalue weighted by atomic mass is 9.92. The number of anilines is 6. The highest BCUT2D eigenvalue weighted by atomic mass is 32.3. The first-order chi connectivity index (χ1) is 57.0. The standard InChI is InChI=1S/C110H84N2S3/c1-82-63-69-86(70-64-82)111(107-61-35-33-55-99(107)84-65-73-97(74-66-84)114(91-43-17-5-18-44-91,92-45-19-6-20-46-92)93-47-21-7-22-48-93)109-79-105-102-58-30-32-60-104(102)110(80-106(105)101-57-29-31-59-103(101)109)112(87-71-77-90(78-72-87)113(88-39-13-3-14-40-88,89-41-15-4-16-42-89)81-83-37-11-2-12-38-83)108-62-36-34-56-100(108)85-67-75-98(76-68-85)115(94-49-23-8-24-50-94,95-51-25-9-26-52-95)96-53-27-10-28-54-96/h2-80H,81H2,1H3. The summed E-state index contributed by atoms with van der Waals surface area (Å²) in [6, 6.07) is 180. The molecule has 19 aromatic carbocycles. The Labute approximate surface area is 680 Å². The molecule has 0 saturated carbocycles. The molecule has 2 nitrogen and oxygen atoms in total. The van der Waals surface area contributed by atoms with E-state index in [1.807, 2.05) is 0 Å². The van der Waals surface area contributed by atoms with Crippen LogP contribution in [0.4, 0.5) is 34.1 Å². The molecule has 0 amide bonds. The summed E-state index contributed by atoms with van der Waals surface area (Å²) in [6.45, 7) is 2.18. The molecule has 0 aliphatic rings. The summed E-state index contributed by atoms with van der Waals surface area (Å²) in [7, 11) is -5.79. The molecule has 0 aromatic heterocycles. The van der Waals surface area contributed by atoms with Crippen molar-refractivity contribution in [1.29, 1.82) is 0 Å². The Kier molecular flexibility index (Phi) is 19.8. The molecule has 0 saturated heterocycles. The van der Waals surface area contributed by atoms with Gasteiger partial charge in [0.1, 0.15) is 0 Å². The first-order valence-electron chi connectivity index (χ1n) is 39.4. The van der Waals surface area contributed by atoms with Crippen molar-refractivity contribution >= 4 is 96.5 Å². The largest absolute Gasteiger partial charge is 0.309 e. The van der Waals surface area contributed by atoms with E-state index >= 15 is 0 Å². The topological polar surface area (TPSA) is 6.48 Å². The van der Waals surface area contributed by atoms with E-state index in [-0.39, 0.29) is 0 Å². The molecule has 552 valence electrons. The van der Waals surface area contributed by atoms with E-state index in [1.54, 1.807) is 0 Å². The number of aryl methyl sites for hydroxylation is 1. The molecule has 0 aliphatic heterocycles. The lowest BCUT2D eigenvalue weighted by Crippen LogP contribution is -2.13. The van der Waals surface area contributed by atoms with Crippen molar-refractivity contribution in [2.24, 2.45) is 0 Å². The van der Waals surface area contributed by atoms with Crippen LogP contribution in [0.5, 0.6) is 0 Å². The van der Waals surface area contributed by atoms with Crippen molar-refractivity contribution in [3.63, 3.8) is 0 Å². The van der Waals surface area contributed by atoms with Gasteiger partial charge in [0.2, 0.25) is 0 Å². The first kappa shape index (κ1) is 71.9. The number of para-hydroxylation sites is 2. The molecule has 0 N–H and O–H groups in total. The maximum Gasteiger partial charge on any atom is 0.0546 e. The third kappa shape index (κ3) is 13.1. The fourth-order valence-corrected chi connectivity index (χ4v) is 28.9. The fourth-order valence-electron chi connectivity index (χ4n) is 17.3. The van der Waals surface area contributed by atoms with E-state index in [9.17, 15) is 0 Å². The van der Waals surface area contributed by atoms with Crippen LogP contribution in [0.1, 0.15) is 11.1 Å². The van der Waals surface area contributed by atoms with Crippen LogP contribution in [0.25, 0.3) is 54.6 Å². The number of fused-ring (bicyclic) bond motifs is 5. The van der Waals surface area contributed by atoms with Crippen molar-refractivity contribution in [2.45, 2.75) is 66.5 Å². The van der Waals surface area contributed by atoms with Crippen LogP contribution in [-0.2, 0) is 5.75 Å². The third-order valence-corrected chi connectivity index (χ3v) is 34.4. The Morgan fingerprint density at radius 3 is 0.765 bits per heavy atom. The zero-order valence-corrected chi connectivity index (χ0v) is 66.4. The van der Waals surface area contributed by atoms with Gasteiger partial charge in [0.25, 0.3) is 0 Å². The molecule has 0 bridgehead atoms.